The second-order valence-electron chi connectivity index (χ2n) is 8.33. The van der Waals surface area contributed by atoms with Gasteiger partial charge in [-0.25, -0.2) is 4.79 Å². The maximum absolute atomic E-state index is 11.2. The second kappa shape index (κ2) is 10.3. The fourth-order valence-electron chi connectivity index (χ4n) is 4.37. The molecule has 2 aliphatic rings. The Hall–Kier alpha value is -2.40. The first-order valence-corrected chi connectivity index (χ1v) is 11.6. The van der Waals surface area contributed by atoms with E-state index < -0.39 is 12.1 Å². The molecule has 2 aromatic rings. The van der Waals surface area contributed by atoms with Crippen LogP contribution in [0.3, 0.4) is 0 Å². The van der Waals surface area contributed by atoms with Crippen molar-refractivity contribution in [2.24, 2.45) is 0 Å². The highest BCUT2D eigenvalue weighted by Crippen LogP contribution is 2.36. The lowest BCUT2D eigenvalue weighted by atomic mass is 9.84. The number of hydrogen-bond acceptors (Lipinski definition) is 4. The summed E-state index contributed by atoms with van der Waals surface area (Å²) in [5.41, 5.74) is 2.33. The molecule has 1 saturated carbocycles. The third-order valence-corrected chi connectivity index (χ3v) is 6.40. The number of carbonyl (C=O) groups is 1. The molecule has 1 aliphatic heterocycles. The highest BCUT2D eigenvalue weighted by atomic mass is 35.5. The number of aliphatic carboxylic acids is 1. The summed E-state index contributed by atoms with van der Waals surface area (Å²) in [6.45, 7) is 0.990. The monoisotopic (exact) mass is 444 g/mol. The molecule has 1 atom stereocenters. The van der Waals surface area contributed by atoms with E-state index >= 15 is 0 Å². The van der Waals surface area contributed by atoms with Gasteiger partial charge in [-0.2, -0.15) is 0 Å². The molecule has 1 heterocycles. The van der Waals surface area contributed by atoms with Crippen LogP contribution < -0.4 is 14.2 Å². The van der Waals surface area contributed by atoms with Crippen LogP contribution in [0.15, 0.2) is 36.4 Å². The maximum Gasteiger partial charge on any atom is 0.344 e. The summed E-state index contributed by atoms with van der Waals surface area (Å²) in [6, 6.07) is 11.8. The average molecular weight is 445 g/mol. The number of carboxylic acids is 1. The fourth-order valence-corrected chi connectivity index (χ4v) is 4.61. The van der Waals surface area contributed by atoms with E-state index in [2.05, 4.69) is 12.1 Å². The van der Waals surface area contributed by atoms with Crippen molar-refractivity contribution >= 4 is 17.6 Å². The van der Waals surface area contributed by atoms with Crippen molar-refractivity contribution in [3.63, 3.8) is 0 Å². The van der Waals surface area contributed by atoms with Gasteiger partial charge in [0.1, 0.15) is 17.2 Å². The number of benzene rings is 2. The highest BCUT2D eigenvalue weighted by Gasteiger charge is 2.25. The molecule has 0 saturated heterocycles. The van der Waals surface area contributed by atoms with Crippen LogP contribution in [0.2, 0.25) is 5.02 Å². The molecule has 0 bridgehead atoms. The van der Waals surface area contributed by atoms with E-state index in [-0.39, 0.29) is 0 Å². The van der Waals surface area contributed by atoms with Gasteiger partial charge in [0.15, 0.2) is 6.10 Å². The molecule has 0 spiro atoms. The normalized spacial score (nSPS) is 18.7. The zero-order chi connectivity index (χ0) is 21.6. The quantitative estimate of drug-likeness (QED) is 0.505. The van der Waals surface area contributed by atoms with Crippen LogP contribution in [-0.2, 0) is 11.2 Å². The van der Waals surface area contributed by atoms with Gasteiger partial charge in [0.05, 0.1) is 18.2 Å². The minimum atomic E-state index is -0.931. The Morgan fingerprint density at radius 3 is 2.61 bits per heavy atom. The number of carboxylic acid groups (broad SMARTS) is 1. The van der Waals surface area contributed by atoms with Crippen molar-refractivity contribution in [3.8, 4) is 17.2 Å². The molecule has 0 radical (unpaired) electrons. The van der Waals surface area contributed by atoms with Gasteiger partial charge >= 0.3 is 5.97 Å². The molecule has 0 amide bonds. The Morgan fingerprint density at radius 2 is 1.84 bits per heavy atom. The van der Waals surface area contributed by atoms with Gasteiger partial charge in [0, 0.05) is 12.5 Å². The van der Waals surface area contributed by atoms with Gasteiger partial charge in [-0.05, 0) is 60.9 Å². The lowest BCUT2D eigenvalue weighted by Gasteiger charge is -2.23. The van der Waals surface area contributed by atoms with Crippen molar-refractivity contribution in [2.45, 2.75) is 63.4 Å². The smallest absolute Gasteiger partial charge is 0.344 e. The van der Waals surface area contributed by atoms with Crippen LogP contribution in [0, 0.1) is 0 Å². The van der Waals surface area contributed by atoms with Gasteiger partial charge in [-0.3, -0.25) is 0 Å². The molecule has 6 heteroatoms. The van der Waals surface area contributed by atoms with Crippen LogP contribution >= 0.6 is 11.6 Å². The highest BCUT2D eigenvalue weighted by molar-refractivity contribution is 6.32. The molecule has 5 nitrogen and oxygen atoms in total. The number of hydrogen-bond donors (Lipinski definition) is 1. The second-order valence-corrected chi connectivity index (χ2v) is 8.74. The first-order chi connectivity index (χ1) is 15.1. The number of ether oxygens (including phenoxy) is 3. The van der Waals surface area contributed by atoms with Gasteiger partial charge < -0.3 is 19.3 Å². The third kappa shape index (κ3) is 5.65. The largest absolute Gasteiger partial charge is 0.493 e. The Labute approximate surface area is 188 Å². The summed E-state index contributed by atoms with van der Waals surface area (Å²) in [5.74, 6) is 1.67. The van der Waals surface area contributed by atoms with E-state index in [9.17, 15) is 4.79 Å². The number of fused-ring (bicyclic) bond motifs is 1. The Balaban J connectivity index is 1.23. The van der Waals surface area contributed by atoms with Crippen LogP contribution in [0.25, 0.3) is 0 Å². The van der Waals surface area contributed by atoms with Gasteiger partial charge in [-0.1, -0.05) is 43.0 Å². The summed E-state index contributed by atoms with van der Waals surface area (Å²) in [7, 11) is 0. The SMILES string of the molecule is O=C(O)C1CCc2ccc(OCCCOc3ccc(C4CCCCC4)cc3Cl)cc2O1. The van der Waals surface area contributed by atoms with E-state index in [0.29, 0.717) is 60.7 Å². The molecular formula is C25H29ClO5. The van der Waals surface area contributed by atoms with Crippen LogP contribution in [0.1, 0.15) is 62.0 Å². The molecule has 4 rings (SSSR count). The summed E-state index contributed by atoms with van der Waals surface area (Å²) >= 11 is 6.45. The number of halogens is 1. The van der Waals surface area contributed by atoms with E-state index in [1.165, 1.54) is 37.7 Å². The average Bonchev–Trinajstić information content (AvgIpc) is 2.79. The van der Waals surface area contributed by atoms with E-state index in [1.54, 1.807) is 6.07 Å². The third-order valence-electron chi connectivity index (χ3n) is 6.11. The molecule has 1 fully saturated rings. The van der Waals surface area contributed by atoms with E-state index in [4.69, 9.17) is 30.9 Å². The molecule has 31 heavy (non-hydrogen) atoms. The van der Waals surface area contributed by atoms with Crippen LogP contribution in [-0.4, -0.2) is 30.4 Å². The first kappa shape index (κ1) is 21.8. The maximum atomic E-state index is 11.2. The lowest BCUT2D eigenvalue weighted by Crippen LogP contribution is -2.30. The topological polar surface area (TPSA) is 65.0 Å². The van der Waals surface area contributed by atoms with Crippen molar-refractivity contribution < 1.29 is 24.1 Å². The van der Waals surface area contributed by atoms with Gasteiger partial charge in [0.2, 0.25) is 0 Å². The molecule has 1 unspecified atom stereocenters. The zero-order valence-electron chi connectivity index (χ0n) is 17.6. The summed E-state index contributed by atoms with van der Waals surface area (Å²) in [6.07, 6.45) is 7.55. The number of rotatable bonds is 8. The van der Waals surface area contributed by atoms with Crippen molar-refractivity contribution in [3.05, 3.63) is 52.5 Å². The van der Waals surface area contributed by atoms with Crippen molar-refractivity contribution in [2.75, 3.05) is 13.2 Å². The molecule has 166 valence electrons. The molecule has 1 N–H and O–H groups in total. The van der Waals surface area contributed by atoms with Crippen molar-refractivity contribution in [1.29, 1.82) is 0 Å². The predicted octanol–water partition coefficient (Wildman–Crippen LogP) is 6.01. The summed E-state index contributed by atoms with van der Waals surface area (Å²) in [4.78, 5) is 11.2. The van der Waals surface area contributed by atoms with Crippen LogP contribution in [0.4, 0.5) is 0 Å². The Kier molecular flexibility index (Phi) is 7.23. The van der Waals surface area contributed by atoms with E-state index in [0.717, 1.165) is 5.56 Å². The zero-order valence-corrected chi connectivity index (χ0v) is 18.4. The minimum absolute atomic E-state index is 0.485. The first-order valence-electron chi connectivity index (χ1n) is 11.2. The van der Waals surface area contributed by atoms with Gasteiger partial charge in [0.25, 0.3) is 0 Å². The van der Waals surface area contributed by atoms with E-state index in [1.807, 2.05) is 18.2 Å². The van der Waals surface area contributed by atoms with Gasteiger partial charge in [-0.15, -0.1) is 0 Å². The standard InChI is InChI=1S/C25H29ClO5/c26-21-15-19(17-5-2-1-3-6-17)9-11-22(21)30-14-4-13-29-20-10-7-18-8-12-23(25(27)28)31-24(18)16-20/h7,9-11,15-17,23H,1-6,8,12-14H2,(H,27,28). The Bertz CT molecular complexity index is 907. The summed E-state index contributed by atoms with van der Waals surface area (Å²) in [5, 5.41) is 9.82. The summed E-state index contributed by atoms with van der Waals surface area (Å²) < 4.78 is 17.2. The molecule has 2 aromatic carbocycles. The molecular weight excluding hydrogens is 416 g/mol. The molecule has 0 aromatic heterocycles. The predicted molar refractivity (Wildman–Crippen MR) is 120 cm³/mol. The number of aryl methyl sites for hydroxylation is 1. The fraction of sp³-hybridized carbons (Fsp3) is 0.480. The lowest BCUT2D eigenvalue weighted by molar-refractivity contribution is -0.145. The minimum Gasteiger partial charge on any atom is -0.493 e. The Morgan fingerprint density at radius 1 is 1.03 bits per heavy atom. The molecule has 1 aliphatic carbocycles. The van der Waals surface area contributed by atoms with Crippen molar-refractivity contribution in [1.82, 2.24) is 0 Å². The van der Waals surface area contributed by atoms with Crippen LogP contribution in [0.5, 0.6) is 17.2 Å².